The predicted octanol–water partition coefficient (Wildman–Crippen LogP) is 0.401. The van der Waals surface area contributed by atoms with Gasteiger partial charge in [-0.3, -0.25) is 0 Å². The minimum Gasteiger partial charge on any atom is -0.309 e. The first-order valence-corrected chi connectivity index (χ1v) is 5.55. The Hall–Kier alpha value is -0.870. The molecule has 1 aliphatic rings. The van der Waals surface area contributed by atoms with Crippen LogP contribution in [-0.2, 0) is 29.5 Å². The monoisotopic (exact) mass is 197 g/mol. The molecule has 1 heterocycles. The SMILES string of the molecule is O=[SH](=O)Cc1ccc2c(c1)CNC2. The van der Waals surface area contributed by atoms with Crippen LogP contribution in [0.3, 0.4) is 0 Å². The fourth-order valence-electron chi connectivity index (χ4n) is 1.60. The Morgan fingerprint density at radius 2 is 2.00 bits per heavy atom. The molecule has 1 aromatic rings. The van der Waals surface area contributed by atoms with Crippen molar-refractivity contribution in [1.82, 2.24) is 5.32 Å². The van der Waals surface area contributed by atoms with E-state index in [0.717, 1.165) is 18.7 Å². The van der Waals surface area contributed by atoms with Crippen LogP contribution >= 0.6 is 0 Å². The van der Waals surface area contributed by atoms with Gasteiger partial charge in [0.1, 0.15) is 10.7 Å². The summed E-state index contributed by atoms with van der Waals surface area (Å²) in [5.74, 6) is 0.155. The zero-order valence-corrected chi connectivity index (χ0v) is 8.01. The summed E-state index contributed by atoms with van der Waals surface area (Å²) in [5, 5.41) is 3.22. The summed E-state index contributed by atoms with van der Waals surface area (Å²) in [5.41, 5.74) is 3.40. The molecule has 13 heavy (non-hydrogen) atoms. The van der Waals surface area contributed by atoms with E-state index in [9.17, 15) is 8.42 Å². The minimum absolute atomic E-state index is 0.155. The number of thiol groups is 1. The number of fused-ring (bicyclic) bond motifs is 1. The maximum atomic E-state index is 10.5. The fourth-order valence-corrected chi connectivity index (χ4v) is 2.09. The maximum absolute atomic E-state index is 10.5. The molecule has 0 saturated heterocycles. The van der Waals surface area contributed by atoms with Crippen molar-refractivity contribution in [1.29, 1.82) is 0 Å². The van der Waals surface area contributed by atoms with Crippen molar-refractivity contribution in [3.05, 3.63) is 34.9 Å². The molecular formula is C9H11NO2S. The van der Waals surface area contributed by atoms with E-state index < -0.39 is 10.7 Å². The van der Waals surface area contributed by atoms with Crippen LogP contribution in [0, 0.1) is 0 Å². The number of nitrogens with one attached hydrogen (secondary N) is 1. The van der Waals surface area contributed by atoms with Gasteiger partial charge in [0.2, 0.25) is 0 Å². The normalized spacial score (nSPS) is 14.8. The molecule has 0 spiro atoms. The summed E-state index contributed by atoms with van der Waals surface area (Å²) < 4.78 is 21.0. The number of hydrogen-bond acceptors (Lipinski definition) is 3. The Morgan fingerprint density at radius 3 is 2.77 bits per heavy atom. The van der Waals surface area contributed by atoms with E-state index in [1.165, 1.54) is 11.1 Å². The van der Waals surface area contributed by atoms with Gasteiger partial charge in [-0.25, -0.2) is 8.42 Å². The molecule has 0 saturated carbocycles. The van der Waals surface area contributed by atoms with E-state index in [1.54, 1.807) is 0 Å². The lowest BCUT2D eigenvalue weighted by Gasteiger charge is -1.99. The summed E-state index contributed by atoms with van der Waals surface area (Å²) in [6.07, 6.45) is 0. The smallest absolute Gasteiger partial charge is 0.144 e. The molecule has 70 valence electrons. The van der Waals surface area contributed by atoms with Crippen LogP contribution < -0.4 is 5.32 Å². The second-order valence-corrected chi connectivity index (χ2v) is 4.18. The lowest BCUT2D eigenvalue weighted by molar-refractivity contribution is 0.614. The molecule has 0 fully saturated rings. The third-order valence-electron chi connectivity index (χ3n) is 2.21. The summed E-state index contributed by atoms with van der Waals surface area (Å²) >= 11 is 0. The molecule has 0 aromatic heterocycles. The molecule has 1 aliphatic heterocycles. The van der Waals surface area contributed by atoms with Gasteiger partial charge in [-0.15, -0.1) is 0 Å². The van der Waals surface area contributed by atoms with Crippen LogP contribution in [-0.4, -0.2) is 8.42 Å². The number of hydrogen-bond donors (Lipinski definition) is 2. The Morgan fingerprint density at radius 1 is 1.23 bits per heavy atom. The third-order valence-corrected chi connectivity index (χ3v) is 2.84. The summed E-state index contributed by atoms with van der Waals surface area (Å²) in [7, 11) is -2.30. The highest BCUT2D eigenvalue weighted by molar-refractivity contribution is 7.71. The predicted molar refractivity (Wildman–Crippen MR) is 51.0 cm³/mol. The molecule has 1 N–H and O–H groups in total. The first-order chi connectivity index (χ1) is 6.25. The Kier molecular flexibility index (Phi) is 2.33. The largest absolute Gasteiger partial charge is 0.309 e. The fraction of sp³-hybridized carbons (Fsp3) is 0.333. The first kappa shape index (κ1) is 8.72. The lowest BCUT2D eigenvalue weighted by Crippen LogP contribution is -1.99. The highest BCUT2D eigenvalue weighted by Crippen LogP contribution is 2.17. The van der Waals surface area contributed by atoms with Crippen LogP contribution in [0.2, 0.25) is 0 Å². The van der Waals surface area contributed by atoms with E-state index in [4.69, 9.17) is 0 Å². The van der Waals surface area contributed by atoms with Crippen LogP contribution in [0.4, 0.5) is 0 Å². The first-order valence-electron chi connectivity index (χ1n) is 4.19. The molecule has 0 amide bonds. The topological polar surface area (TPSA) is 46.2 Å². The molecule has 0 unspecified atom stereocenters. The second kappa shape index (κ2) is 3.47. The van der Waals surface area contributed by atoms with Gasteiger partial charge < -0.3 is 5.32 Å². The molecular weight excluding hydrogens is 186 g/mol. The van der Waals surface area contributed by atoms with Gasteiger partial charge in [-0.2, -0.15) is 0 Å². The average Bonchev–Trinajstić information content (AvgIpc) is 2.49. The van der Waals surface area contributed by atoms with Gasteiger partial charge in [0.05, 0.1) is 5.75 Å². The summed E-state index contributed by atoms with van der Waals surface area (Å²) in [6.45, 7) is 1.76. The Balaban J connectivity index is 2.30. The molecule has 0 atom stereocenters. The second-order valence-electron chi connectivity index (χ2n) is 3.20. The third kappa shape index (κ3) is 1.89. The van der Waals surface area contributed by atoms with E-state index in [0.29, 0.717) is 0 Å². The quantitative estimate of drug-likeness (QED) is 0.675. The molecule has 2 rings (SSSR count). The van der Waals surface area contributed by atoms with Gasteiger partial charge in [0, 0.05) is 13.1 Å². The number of benzene rings is 1. The zero-order chi connectivity index (χ0) is 9.26. The minimum atomic E-state index is -2.30. The van der Waals surface area contributed by atoms with Crippen LogP contribution in [0.5, 0.6) is 0 Å². The van der Waals surface area contributed by atoms with Crippen molar-refractivity contribution in [2.24, 2.45) is 0 Å². The molecule has 4 heteroatoms. The zero-order valence-electron chi connectivity index (χ0n) is 7.12. The average molecular weight is 197 g/mol. The van der Waals surface area contributed by atoms with Crippen LogP contribution in [0.1, 0.15) is 16.7 Å². The van der Waals surface area contributed by atoms with Crippen molar-refractivity contribution in [3.8, 4) is 0 Å². The van der Waals surface area contributed by atoms with Crippen molar-refractivity contribution in [2.45, 2.75) is 18.8 Å². The standard InChI is InChI=1S/C9H11NO2S/c11-13(12)6-7-1-2-8-4-10-5-9(8)3-7/h1-3,10,13H,4-6H2. The Bertz CT molecular complexity index is 391. The summed E-state index contributed by atoms with van der Waals surface area (Å²) in [6, 6.07) is 5.86. The van der Waals surface area contributed by atoms with Gasteiger partial charge >= 0.3 is 0 Å². The van der Waals surface area contributed by atoms with Gasteiger partial charge in [0.25, 0.3) is 0 Å². The van der Waals surface area contributed by atoms with E-state index >= 15 is 0 Å². The van der Waals surface area contributed by atoms with Crippen molar-refractivity contribution >= 4 is 10.7 Å². The van der Waals surface area contributed by atoms with E-state index in [-0.39, 0.29) is 5.75 Å². The molecule has 1 aromatic carbocycles. The molecule has 0 bridgehead atoms. The highest BCUT2D eigenvalue weighted by Gasteiger charge is 2.09. The Labute approximate surface area is 78.7 Å². The van der Waals surface area contributed by atoms with Gasteiger partial charge in [-0.05, 0) is 16.7 Å². The highest BCUT2D eigenvalue weighted by atomic mass is 32.2. The maximum Gasteiger partial charge on any atom is 0.144 e. The molecule has 0 radical (unpaired) electrons. The lowest BCUT2D eigenvalue weighted by atomic mass is 10.1. The molecule has 0 aliphatic carbocycles. The van der Waals surface area contributed by atoms with Gasteiger partial charge in [-0.1, -0.05) is 18.2 Å². The van der Waals surface area contributed by atoms with Crippen LogP contribution in [0.25, 0.3) is 0 Å². The van der Waals surface area contributed by atoms with Gasteiger partial charge in [0.15, 0.2) is 0 Å². The van der Waals surface area contributed by atoms with E-state index in [1.807, 2.05) is 18.2 Å². The van der Waals surface area contributed by atoms with Crippen molar-refractivity contribution in [2.75, 3.05) is 0 Å². The molecule has 3 nitrogen and oxygen atoms in total. The van der Waals surface area contributed by atoms with E-state index in [2.05, 4.69) is 5.32 Å². The van der Waals surface area contributed by atoms with Crippen molar-refractivity contribution in [3.63, 3.8) is 0 Å². The summed E-state index contributed by atoms with van der Waals surface area (Å²) in [4.78, 5) is 0. The van der Waals surface area contributed by atoms with Crippen LogP contribution in [0.15, 0.2) is 18.2 Å². The van der Waals surface area contributed by atoms with Crippen molar-refractivity contribution < 1.29 is 8.42 Å². The number of rotatable bonds is 2.